The first-order valence-electron chi connectivity index (χ1n) is 6.46. The average Bonchev–Trinajstić information content (AvgIpc) is 2.45. The van der Waals surface area contributed by atoms with Crippen LogP contribution in [0.2, 0.25) is 0 Å². The van der Waals surface area contributed by atoms with Gasteiger partial charge >= 0.3 is 18.1 Å². The summed E-state index contributed by atoms with van der Waals surface area (Å²) in [5.41, 5.74) is 0.956. The normalized spacial score (nSPS) is 10.7. The Labute approximate surface area is 177 Å². The van der Waals surface area contributed by atoms with Crippen LogP contribution in [0.25, 0.3) is 0 Å². The number of carboxylic acid groups (broad SMARTS) is 3. The van der Waals surface area contributed by atoms with Gasteiger partial charge in [0.05, 0.1) is 4.90 Å². The smallest absolute Gasteiger partial charge is 0.481 e. The molecule has 0 atom stereocenters. The van der Waals surface area contributed by atoms with E-state index in [0.29, 0.717) is 0 Å². The van der Waals surface area contributed by atoms with Gasteiger partial charge in [0.25, 0.3) is 19.9 Å². The van der Waals surface area contributed by atoms with Gasteiger partial charge in [-0.15, -0.1) is 0 Å². The van der Waals surface area contributed by atoms with Crippen molar-refractivity contribution in [3.8, 4) is 0 Å². The van der Waals surface area contributed by atoms with E-state index in [4.69, 9.17) is 64.3 Å². The van der Waals surface area contributed by atoms with E-state index in [-0.39, 0.29) is 4.90 Å². The standard InChI is InChI=1S/C7H8O3S.C2HCl3O2.C2HF3O2.C2H4O2/c1-6-2-4-7(5-3-6)11(8,9)10;2*3-2(4,5)1(6)7;1-2(3)4/h2-5H,1H3,(H,8,9,10);2*(H,6,7);1H3,(H,3,4). The maximum absolute atomic E-state index is 10.6. The van der Waals surface area contributed by atoms with Gasteiger partial charge < -0.3 is 15.3 Å². The van der Waals surface area contributed by atoms with Gasteiger partial charge in [-0.2, -0.15) is 21.6 Å². The Morgan fingerprint density at radius 1 is 0.897 bits per heavy atom. The Balaban J connectivity index is -0.000000332. The minimum atomic E-state index is -5.08. The van der Waals surface area contributed by atoms with E-state index >= 15 is 0 Å². The molecule has 0 fully saturated rings. The Morgan fingerprint density at radius 3 is 1.28 bits per heavy atom. The minimum Gasteiger partial charge on any atom is -0.481 e. The van der Waals surface area contributed by atoms with Crippen molar-refractivity contribution in [1.82, 2.24) is 0 Å². The molecule has 0 amide bonds. The second kappa shape index (κ2) is 13.4. The van der Waals surface area contributed by atoms with Crippen LogP contribution in [0.3, 0.4) is 0 Å². The van der Waals surface area contributed by atoms with Gasteiger partial charge in [0.2, 0.25) is 0 Å². The van der Waals surface area contributed by atoms with Gasteiger partial charge in [-0.3, -0.25) is 9.35 Å². The number of hydrogen-bond donors (Lipinski definition) is 4. The molecule has 0 saturated heterocycles. The second-order valence-corrected chi connectivity index (χ2v) is 8.12. The van der Waals surface area contributed by atoms with Crippen molar-refractivity contribution in [3.05, 3.63) is 29.8 Å². The predicted octanol–water partition coefficient (Wildman–Crippen LogP) is 3.41. The lowest BCUT2D eigenvalue weighted by Gasteiger charge is -1.99. The number of aryl methyl sites for hydroxylation is 1. The number of benzene rings is 1. The zero-order valence-electron chi connectivity index (χ0n) is 14.3. The summed E-state index contributed by atoms with van der Waals surface area (Å²) in [7, 11) is -4.02. The summed E-state index contributed by atoms with van der Waals surface area (Å²) in [6.07, 6.45) is -5.08. The monoisotopic (exact) mass is 508 g/mol. The van der Waals surface area contributed by atoms with Crippen LogP contribution < -0.4 is 0 Å². The number of alkyl halides is 6. The lowest BCUT2D eigenvalue weighted by molar-refractivity contribution is -0.192. The average molecular weight is 510 g/mol. The molecule has 0 heterocycles. The molecule has 168 valence electrons. The summed E-state index contributed by atoms with van der Waals surface area (Å²) in [4.78, 5) is 27.5. The summed E-state index contributed by atoms with van der Waals surface area (Å²) in [5, 5.41) is 22.4. The fourth-order valence-corrected chi connectivity index (χ4v) is 1.19. The second-order valence-electron chi connectivity index (χ2n) is 4.41. The van der Waals surface area contributed by atoms with E-state index in [1.807, 2.05) is 6.92 Å². The molecule has 0 saturated carbocycles. The molecule has 1 aromatic carbocycles. The van der Waals surface area contributed by atoms with Crippen molar-refractivity contribution in [2.45, 2.75) is 28.7 Å². The van der Waals surface area contributed by atoms with Gasteiger partial charge in [0, 0.05) is 6.92 Å². The molecule has 0 aromatic heterocycles. The molecule has 0 unspecified atom stereocenters. The highest BCUT2D eigenvalue weighted by Gasteiger charge is 2.38. The van der Waals surface area contributed by atoms with Gasteiger partial charge in [0.1, 0.15) is 0 Å². The van der Waals surface area contributed by atoms with Crippen LogP contribution in [0.1, 0.15) is 12.5 Å². The molecule has 0 bridgehead atoms. The van der Waals surface area contributed by atoms with Crippen LogP contribution in [0.15, 0.2) is 29.2 Å². The van der Waals surface area contributed by atoms with Crippen molar-refractivity contribution < 1.29 is 55.8 Å². The third-order valence-corrected chi connectivity index (χ3v) is 3.16. The van der Waals surface area contributed by atoms with Crippen LogP contribution in [0, 0.1) is 6.92 Å². The molecular formula is C13H14Cl3F3O9S. The first-order chi connectivity index (χ1) is 12.6. The largest absolute Gasteiger partial charge is 0.490 e. The van der Waals surface area contributed by atoms with Crippen LogP contribution in [0.4, 0.5) is 13.2 Å². The fourth-order valence-electron chi connectivity index (χ4n) is 0.710. The van der Waals surface area contributed by atoms with Gasteiger partial charge in [-0.25, -0.2) is 9.59 Å². The van der Waals surface area contributed by atoms with E-state index in [0.717, 1.165) is 12.5 Å². The Morgan fingerprint density at radius 2 is 1.14 bits per heavy atom. The van der Waals surface area contributed by atoms with Crippen LogP contribution in [-0.4, -0.2) is 56.2 Å². The zero-order chi connectivity index (χ0) is 24.2. The Kier molecular flexibility index (Phi) is 14.8. The molecular weight excluding hydrogens is 496 g/mol. The van der Waals surface area contributed by atoms with E-state index in [2.05, 4.69) is 0 Å². The molecule has 0 radical (unpaired) electrons. The molecule has 29 heavy (non-hydrogen) atoms. The van der Waals surface area contributed by atoms with E-state index < -0.39 is 38.0 Å². The molecule has 9 nitrogen and oxygen atoms in total. The highest BCUT2D eigenvalue weighted by atomic mass is 35.6. The molecule has 16 heteroatoms. The SMILES string of the molecule is CC(=O)O.Cc1ccc(S(=O)(=O)O)cc1.O=C(O)C(Cl)(Cl)Cl.O=C(O)C(F)(F)F. The highest BCUT2D eigenvalue weighted by molar-refractivity contribution is 7.85. The number of halogens is 6. The first-order valence-corrected chi connectivity index (χ1v) is 9.03. The number of hydrogen-bond acceptors (Lipinski definition) is 5. The Bertz CT molecular complexity index is 745. The molecule has 0 aliphatic heterocycles. The van der Waals surface area contributed by atoms with Crippen molar-refractivity contribution in [2.75, 3.05) is 0 Å². The topological polar surface area (TPSA) is 166 Å². The van der Waals surface area contributed by atoms with E-state index in [1.165, 1.54) is 12.1 Å². The lowest BCUT2D eigenvalue weighted by Crippen LogP contribution is -2.21. The zero-order valence-corrected chi connectivity index (χ0v) is 17.4. The highest BCUT2D eigenvalue weighted by Crippen LogP contribution is 2.25. The van der Waals surface area contributed by atoms with E-state index in [1.54, 1.807) is 12.1 Å². The summed E-state index contributed by atoms with van der Waals surface area (Å²) in [6, 6.07) is 5.99. The van der Waals surface area contributed by atoms with Crippen LogP contribution in [0.5, 0.6) is 0 Å². The van der Waals surface area contributed by atoms with Crippen LogP contribution >= 0.6 is 34.8 Å². The van der Waals surface area contributed by atoms with Crippen molar-refractivity contribution in [1.29, 1.82) is 0 Å². The molecule has 0 spiro atoms. The molecule has 1 aromatic rings. The first kappa shape index (κ1) is 31.9. The number of aliphatic carboxylic acids is 3. The van der Waals surface area contributed by atoms with Gasteiger partial charge in [-0.1, -0.05) is 52.5 Å². The molecule has 1 rings (SSSR count). The number of carboxylic acids is 3. The molecule has 0 aliphatic carbocycles. The maximum Gasteiger partial charge on any atom is 0.490 e. The number of rotatable bonds is 1. The fraction of sp³-hybridized carbons (Fsp3) is 0.308. The summed E-state index contributed by atoms with van der Waals surface area (Å²) in [6.45, 7) is 2.92. The molecule has 4 N–H and O–H groups in total. The summed E-state index contributed by atoms with van der Waals surface area (Å²) >= 11 is 14.4. The summed E-state index contributed by atoms with van der Waals surface area (Å²) < 4.78 is 59.1. The minimum absolute atomic E-state index is 0.0666. The van der Waals surface area contributed by atoms with Gasteiger partial charge in [-0.05, 0) is 19.1 Å². The Hall–Kier alpha value is -1.80. The van der Waals surface area contributed by atoms with Gasteiger partial charge in [0.15, 0.2) is 0 Å². The van der Waals surface area contributed by atoms with Crippen molar-refractivity contribution in [2.24, 2.45) is 0 Å². The quantitative estimate of drug-likeness (QED) is 0.328. The number of carbonyl (C=O) groups is 3. The van der Waals surface area contributed by atoms with Crippen molar-refractivity contribution >= 4 is 62.8 Å². The maximum atomic E-state index is 10.6. The lowest BCUT2D eigenvalue weighted by atomic mass is 10.2. The van der Waals surface area contributed by atoms with E-state index in [9.17, 15) is 26.4 Å². The third kappa shape index (κ3) is 22.4. The predicted molar refractivity (Wildman–Crippen MR) is 95.9 cm³/mol. The summed E-state index contributed by atoms with van der Waals surface area (Å²) in [5.74, 6) is -5.05. The van der Waals surface area contributed by atoms with Crippen LogP contribution in [-0.2, 0) is 24.5 Å². The third-order valence-electron chi connectivity index (χ3n) is 1.80. The van der Waals surface area contributed by atoms with Crippen molar-refractivity contribution in [3.63, 3.8) is 0 Å². The molecule has 0 aliphatic rings.